The minimum atomic E-state index is -0.339. The van der Waals surface area contributed by atoms with E-state index in [1.165, 1.54) is 12.1 Å². The second-order valence-electron chi connectivity index (χ2n) is 8.20. The maximum Gasteiger partial charge on any atom is 0.274 e. The highest BCUT2D eigenvalue weighted by molar-refractivity contribution is 6.04. The fourth-order valence-corrected chi connectivity index (χ4v) is 4.48. The van der Waals surface area contributed by atoms with Crippen molar-refractivity contribution >= 4 is 29.2 Å². The van der Waals surface area contributed by atoms with Crippen molar-refractivity contribution in [2.24, 2.45) is 0 Å². The highest BCUT2D eigenvalue weighted by Gasteiger charge is 2.33. The zero-order valence-corrected chi connectivity index (χ0v) is 19.8. The Labute approximate surface area is 190 Å². The standard InChI is InChI=1S/C23H34FN3O3.ClH/c1-16(2)27(18-8-7-11-25-15-18)23(28)21-22(30-4)19-14-17(24)9-10-20(19)26(21)12-5-6-13-29-3;/h9-10,14,16,18,25H,5-8,11-13,15H2,1-4H3;1H/t18-;/m1./s1. The average molecular weight is 456 g/mol. The highest BCUT2D eigenvalue weighted by atomic mass is 35.5. The van der Waals surface area contributed by atoms with Crippen LogP contribution >= 0.6 is 12.4 Å². The summed E-state index contributed by atoms with van der Waals surface area (Å²) < 4.78 is 26.9. The number of hydrogen-bond acceptors (Lipinski definition) is 4. The van der Waals surface area contributed by atoms with Crippen LogP contribution in [0.3, 0.4) is 0 Å². The predicted octanol–water partition coefficient (Wildman–Crippen LogP) is 4.24. The molecule has 1 atom stereocenters. The van der Waals surface area contributed by atoms with Crippen molar-refractivity contribution in [3.05, 3.63) is 29.7 Å². The number of rotatable bonds is 9. The van der Waals surface area contributed by atoms with E-state index < -0.39 is 0 Å². The Hall–Kier alpha value is -1.83. The van der Waals surface area contributed by atoms with Crippen LogP contribution in [0, 0.1) is 5.82 Å². The summed E-state index contributed by atoms with van der Waals surface area (Å²) in [5.74, 6) is 0.0584. The number of fused-ring (bicyclic) bond motifs is 1. The molecule has 1 aromatic carbocycles. The fourth-order valence-electron chi connectivity index (χ4n) is 4.48. The lowest BCUT2D eigenvalue weighted by molar-refractivity contribution is 0.0559. The number of halogens is 2. The summed E-state index contributed by atoms with van der Waals surface area (Å²) in [6, 6.07) is 4.81. The number of nitrogens with zero attached hydrogens (tertiary/aromatic N) is 2. The normalized spacial score (nSPS) is 16.4. The van der Waals surface area contributed by atoms with Crippen molar-refractivity contribution in [3.8, 4) is 5.75 Å². The van der Waals surface area contributed by atoms with Gasteiger partial charge in [0.25, 0.3) is 5.91 Å². The van der Waals surface area contributed by atoms with Gasteiger partial charge in [-0.2, -0.15) is 0 Å². The van der Waals surface area contributed by atoms with Crippen molar-refractivity contribution in [1.82, 2.24) is 14.8 Å². The molecular formula is C23H35ClFN3O3. The van der Waals surface area contributed by atoms with Gasteiger partial charge in [-0.3, -0.25) is 4.79 Å². The van der Waals surface area contributed by atoms with Crippen molar-refractivity contribution in [1.29, 1.82) is 0 Å². The largest absolute Gasteiger partial charge is 0.494 e. The zero-order valence-electron chi connectivity index (χ0n) is 18.9. The Kier molecular flexibility index (Phi) is 9.59. The lowest BCUT2D eigenvalue weighted by Crippen LogP contribution is -2.52. The maximum atomic E-state index is 14.0. The van der Waals surface area contributed by atoms with Crippen LogP contribution in [0.1, 0.15) is 50.0 Å². The molecule has 0 saturated carbocycles. The van der Waals surface area contributed by atoms with E-state index in [1.807, 2.05) is 23.3 Å². The number of ether oxygens (including phenoxy) is 2. The molecule has 1 aliphatic rings. The number of methoxy groups -OCH3 is 2. The number of carbonyl (C=O) groups excluding carboxylic acids is 1. The molecule has 174 valence electrons. The van der Waals surface area contributed by atoms with E-state index in [4.69, 9.17) is 9.47 Å². The molecule has 2 aromatic rings. The molecule has 0 spiro atoms. The van der Waals surface area contributed by atoms with Crippen molar-refractivity contribution in [2.75, 3.05) is 33.9 Å². The average Bonchev–Trinajstić information content (AvgIpc) is 3.04. The molecular weight excluding hydrogens is 421 g/mol. The number of hydrogen-bond donors (Lipinski definition) is 1. The van der Waals surface area contributed by atoms with E-state index in [0.717, 1.165) is 44.3 Å². The SMILES string of the molecule is COCCCCn1c(C(=O)N(C(C)C)[C@@H]2CCCNC2)c(OC)c2cc(F)ccc21.Cl. The van der Waals surface area contributed by atoms with E-state index in [9.17, 15) is 9.18 Å². The van der Waals surface area contributed by atoms with Crippen LogP contribution in [0.25, 0.3) is 10.9 Å². The molecule has 31 heavy (non-hydrogen) atoms. The molecule has 1 N–H and O–H groups in total. The van der Waals surface area contributed by atoms with Gasteiger partial charge in [0, 0.05) is 44.3 Å². The monoisotopic (exact) mass is 455 g/mol. The number of amides is 1. The van der Waals surface area contributed by atoms with Gasteiger partial charge in [-0.25, -0.2) is 4.39 Å². The van der Waals surface area contributed by atoms with Crippen molar-refractivity contribution in [3.63, 3.8) is 0 Å². The molecule has 1 aliphatic heterocycles. The third-order valence-electron chi connectivity index (χ3n) is 5.82. The predicted molar refractivity (Wildman–Crippen MR) is 124 cm³/mol. The zero-order chi connectivity index (χ0) is 21.7. The molecule has 1 aromatic heterocycles. The minimum absolute atomic E-state index is 0. The Morgan fingerprint density at radius 1 is 1.32 bits per heavy atom. The van der Waals surface area contributed by atoms with Gasteiger partial charge in [-0.1, -0.05) is 0 Å². The van der Waals surface area contributed by atoms with Gasteiger partial charge in [-0.15, -0.1) is 12.4 Å². The van der Waals surface area contributed by atoms with Crippen LogP contribution in [-0.4, -0.2) is 61.4 Å². The van der Waals surface area contributed by atoms with Crippen LogP contribution in [0.4, 0.5) is 4.39 Å². The minimum Gasteiger partial charge on any atom is -0.494 e. The topological polar surface area (TPSA) is 55.7 Å². The fraction of sp³-hybridized carbons (Fsp3) is 0.609. The molecule has 0 aliphatic carbocycles. The highest BCUT2D eigenvalue weighted by Crippen LogP contribution is 2.36. The number of carbonyl (C=O) groups is 1. The summed E-state index contributed by atoms with van der Waals surface area (Å²) >= 11 is 0. The Bertz CT molecular complexity index is 865. The molecule has 8 heteroatoms. The first-order valence-electron chi connectivity index (χ1n) is 10.9. The van der Waals surface area contributed by atoms with E-state index in [0.29, 0.717) is 30.0 Å². The summed E-state index contributed by atoms with van der Waals surface area (Å²) in [7, 11) is 3.23. The molecule has 0 radical (unpaired) electrons. The number of aryl methyl sites for hydroxylation is 1. The second kappa shape index (κ2) is 11.7. The number of unbranched alkanes of at least 4 members (excludes halogenated alkanes) is 1. The van der Waals surface area contributed by atoms with Crippen molar-refractivity contribution < 1.29 is 18.7 Å². The first-order valence-corrected chi connectivity index (χ1v) is 10.9. The lowest BCUT2D eigenvalue weighted by atomic mass is 10.0. The van der Waals surface area contributed by atoms with Gasteiger partial charge in [0.15, 0.2) is 11.4 Å². The molecule has 6 nitrogen and oxygen atoms in total. The summed E-state index contributed by atoms with van der Waals surface area (Å²) in [6.07, 6.45) is 3.75. The Balaban J connectivity index is 0.00000341. The molecule has 1 amide bonds. The molecule has 2 heterocycles. The van der Waals surface area contributed by atoms with E-state index >= 15 is 0 Å². The van der Waals surface area contributed by atoms with Crippen molar-refractivity contribution in [2.45, 2.75) is 58.2 Å². The van der Waals surface area contributed by atoms with Gasteiger partial charge >= 0.3 is 0 Å². The molecule has 1 saturated heterocycles. The Morgan fingerprint density at radius 3 is 2.71 bits per heavy atom. The number of nitrogens with one attached hydrogen (secondary N) is 1. The first-order chi connectivity index (χ1) is 14.5. The van der Waals surface area contributed by atoms with E-state index in [1.54, 1.807) is 20.3 Å². The summed E-state index contributed by atoms with van der Waals surface area (Å²) in [5, 5.41) is 4.04. The lowest BCUT2D eigenvalue weighted by Gasteiger charge is -2.38. The van der Waals surface area contributed by atoms with Gasteiger partial charge < -0.3 is 24.3 Å². The van der Waals surface area contributed by atoms with Gasteiger partial charge in [-0.05, 0) is 64.3 Å². The number of piperidine rings is 1. The van der Waals surface area contributed by atoms with Crippen LogP contribution in [0.2, 0.25) is 0 Å². The summed E-state index contributed by atoms with van der Waals surface area (Å²) in [6.45, 7) is 7.17. The van der Waals surface area contributed by atoms with Crippen LogP contribution < -0.4 is 10.1 Å². The van der Waals surface area contributed by atoms with Crippen LogP contribution in [0.15, 0.2) is 18.2 Å². The summed E-state index contributed by atoms with van der Waals surface area (Å²) in [5.41, 5.74) is 1.33. The number of benzene rings is 1. The second-order valence-corrected chi connectivity index (χ2v) is 8.20. The third kappa shape index (κ3) is 5.51. The quantitative estimate of drug-likeness (QED) is 0.574. The van der Waals surface area contributed by atoms with Crippen LogP contribution in [-0.2, 0) is 11.3 Å². The van der Waals surface area contributed by atoms with Gasteiger partial charge in [0.2, 0.25) is 0 Å². The molecule has 1 fully saturated rings. The van der Waals surface area contributed by atoms with E-state index in [-0.39, 0.29) is 36.2 Å². The third-order valence-corrected chi connectivity index (χ3v) is 5.82. The maximum absolute atomic E-state index is 14.0. The first kappa shape index (κ1) is 25.4. The Morgan fingerprint density at radius 2 is 2.10 bits per heavy atom. The molecule has 3 rings (SSSR count). The molecule has 0 unspecified atom stereocenters. The van der Waals surface area contributed by atoms with E-state index in [2.05, 4.69) is 5.32 Å². The van der Waals surface area contributed by atoms with Crippen LogP contribution in [0.5, 0.6) is 5.75 Å². The smallest absolute Gasteiger partial charge is 0.274 e. The molecule has 0 bridgehead atoms. The number of aromatic nitrogens is 1. The van der Waals surface area contributed by atoms with Gasteiger partial charge in [0.05, 0.1) is 12.6 Å². The van der Waals surface area contributed by atoms with Gasteiger partial charge in [0.1, 0.15) is 5.82 Å². The summed E-state index contributed by atoms with van der Waals surface area (Å²) in [4.78, 5) is 15.9.